The molecule has 0 aromatic heterocycles. The van der Waals surface area contributed by atoms with Crippen molar-refractivity contribution in [3.8, 4) is 0 Å². The number of Topliss-reactive ketones (excluding diaryl/α,β-unsaturated/α-hetero) is 1. The van der Waals surface area contributed by atoms with E-state index in [2.05, 4.69) is 15.5 Å². The maximum absolute atomic E-state index is 12.9. The van der Waals surface area contributed by atoms with E-state index in [-0.39, 0.29) is 11.7 Å². The van der Waals surface area contributed by atoms with Gasteiger partial charge in [-0.2, -0.15) is 10.2 Å². The number of halogens is 2. The van der Waals surface area contributed by atoms with E-state index in [4.69, 9.17) is 23.2 Å². The number of nitrogens with zero attached hydrogens (tertiary/aromatic N) is 2. The lowest BCUT2D eigenvalue weighted by molar-refractivity contribution is -0.117. The maximum atomic E-state index is 12.9. The summed E-state index contributed by atoms with van der Waals surface area (Å²) in [7, 11) is 0. The Hall–Kier alpha value is -3.02. The molecule has 0 radical (unpaired) electrons. The van der Waals surface area contributed by atoms with Gasteiger partial charge in [-0.15, -0.1) is 0 Å². The molecule has 0 aliphatic rings. The predicted molar refractivity (Wildman–Crippen MR) is 125 cm³/mol. The number of rotatable bonds is 7. The van der Waals surface area contributed by atoms with Gasteiger partial charge in [-0.1, -0.05) is 53.5 Å². The van der Waals surface area contributed by atoms with E-state index in [1.807, 2.05) is 48.5 Å². The number of hydrogen-bond acceptors (Lipinski definition) is 4. The zero-order valence-electron chi connectivity index (χ0n) is 17.1. The third kappa shape index (κ3) is 6.23. The lowest BCUT2D eigenvalue weighted by Crippen LogP contribution is -2.13. The van der Waals surface area contributed by atoms with Gasteiger partial charge in [0, 0.05) is 16.3 Å². The van der Waals surface area contributed by atoms with Gasteiger partial charge >= 0.3 is 0 Å². The van der Waals surface area contributed by atoms with E-state index in [1.54, 1.807) is 25.1 Å². The molecule has 0 aliphatic carbocycles. The zero-order valence-corrected chi connectivity index (χ0v) is 18.6. The summed E-state index contributed by atoms with van der Waals surface area (Å²) in [6, 6.07) is 19.4. The summed E-state index contributed by atoms with van der Waals surface area (Å²) in [6.07, 6.45) is 0.649. The van der Waals surface area contributed by atoms with Gasteiger partial charge in [0.1, 0.15) is 11.7 Å². The molecule has 0 heterocycles. The molecule has 3 rings (SSSR count). The monoisotopic (exact) mass is 453 g/mol. The topological polar surface area (TPSA) is 70.9 Å². The largest absolute Gasteiger partial charge is 0.322 e. The molecule has 1 atom stereocenters. The average molecular weight is 454 g/mol. The van der Waals surface area contributed by atoms with E-state index < -0.39 is 6.04 Å². The highest BCUT2D eigenvalue weighted by atomic mass is 35.5. The summed E-state index contributed by atoms with van der Waals surface area (Å²) in [4.78, 5) is 24.2. The van der Waals surface area contributed by atoms with Gasteiger partial charge in [-0.05, 0) is 67.8 Å². The Morgan fingerprint density at radius 3 is 2.42 bits per heavy atom. The molecule has 0 saturated heterocycles. The van der Waals surface area contributed by atoms with Gasteiger partial charge in [0.15, 0.2) is 5.78 Å². The number of ketones is 1. The molecule has 158 valence electrons. The molecule has 0 fully saturated rings. The van der Waals surface area contributed by atoms with Crippen LogP contribution in [0.4, 0.5) is 11.4 Å². The van der Waals surface area contributed by atoms with E-state index in [0.717, 1.165) is 11.1 Å². The Morgan fingerprint density at radius 1 is 1.00 bits per heavy atom. The SMILES string of the molecule is CC(=O)C(C)N=Nc1cc(C(=O)Nc2ccccc2Cc2ccc(Cl)cc2)ccc1Cl. The molecule has 0 spiro atoms. The second-order valence-electron chi connectivity index (χ2n) is 7.08. The molecule has 1 N–H and O–H groups in total. The fourth-order valence-electron chi connectivity index (χ4n) is 2.77. The van der Waals surface area contributed by atoms with Crippen molar-refractivity contribution in [3.63, 3.8) is 0 Å². The van der Waals surface area contributed by atoms with Crippen LogP contribution in [-0.2, 0) is 11.2 Å². The smallest absolute Gasteiger partial charge is 0.255 e. The molecular weight excluding hydrogens is 433 g/mol. The molecule has 31 heavy (non-hydrogen) atoms. The average Bonchev–Trinajstić information content (AvgIpc) is 2.75. The van der Waals surface area contributed by atoms with Gasteiger partial charge in [0.2, 0.25) is 0 Å². The molecular formula is C24H21Cl2N3O2. The van der Waals surface area contributed by atoms with E-state index in [9.17, 15) is 9.59 Å². The maximum Gasteiger partial charge on any atom is 0.255 e. The number of amides is 1. The first-order valence-electron chi connectivity index (χ1n) is 9.68. The van der Waals surface area contributed by atoms with Crippen LogP contribution in [-0.4, -0.2) is 17.7 Å². The third-order valence-corrected chi connectivity index (χ3v) is 5.28. The van der Waals surface area contributed by atoms with Crippen LogP contribution in [0.2, 0.25) is 10.0 Å². The Kier molecular flexibility index (Phi) is 7.55. The fourth-order valence-corrected chi connectivity index (χ4v) is 3.06. The standard InChI is InChI=1S/C24H21Cl2N3O2/c1-15(16(2)30)28-29-23-14-19(9-12-21(23)26)24(31)27-22-6-4-3-5-18(22)13-17-7-10-20(25)11-8-17/h3-12,14-15H,13H2,1-2H3,(H,27,31). The highest BCUT2D eigenvalue weighted by molar-refractivity contribution is 6.33. The minimum absolute atomic E-state index is 0.105. The summed E-state index contributed by atoms with van der Waals surface area (Å²) in [6.45, 7) is 3.09. The minimum Gasteiger partial charge on any atom is -0.322 e. The first-order chi connectivity index (χ1) is 14.8. The van der Waals surface area contributed by atoms with Crippen LogP contribution in [0, 0.1) is 0 Å². The number of carbonyl (C=O) groups excluding carboxylic acids is 2. The van der Waals surface area contributed by atoms with Crippen LogP contribution in [0.3, 0.4) is 0 Å². The quantitative estimate of drug-likeness (QED) is 0.395. The van der Waals surface area contributed by atoms with Crippen LogP contribution in [0.5, 0.6) is 0 Å². The second kappa shape index (κ2) is 10.3. The first kappa shape index (κ1) is 22.7. The summed E-state index contributed by atoms with van der Waals surface area (Å²) in [5, 5.41) is 12.0. The molecule has 3 aromatic carbocycles. The summed E-state index contributed by atoms with van der Waals surface area (Å²) in [5.41, 5.74) is 3.49. The number of benzene rings is 3. The molecule has 5 nitrogen and oxygen atoms in total. The second-order valence-corrected chi connectivity index (χ2v) is 7.93. The number of hydrogen-bond donors (Lipinski definition) is 1. The van der Waals surface area contributed by atoms with E-state index >= 15 is 0 Å². The summed E-state index contributed by atoms with van der Waals surface area (Å²) >= 11 is 12.1. The molecule has 1 amide bonds. The Labute approximate surface area is 191 Å². The van der Waals surface area contributed by atoms with Gasteiger partial charge in [0.25, 0.3) is 5.91 Å². The van der Waals surface area contributed by atoms with Crippen LogP contribution in [0.15, 0.2) is 77.0 Å². The number of anilines is 1. The van der Waals surface area contributed by atoms with E-state index in [0.29, 0.717) is 33.4 Å². The molecule has 1 unspecified atom stereocenters. The third-order valence-electron chi connectivity index (χ3n) is 4.71. The van der Waals surface area contributed by atoms with Crippen molar-refractivity contribution in [3.05, 3.63) is 93.5 Å². The Balaban J connectivity index is 1.80. The normalized spacial score (nSPS) is 12.0. The van der Waals surface area contributed by atoms with Crippen molar-refractivity contribution in [1.82, 2.24) is 0 Å². The number of para-hydroxylation sites is 1. The molecule has 0 aliphatic heterocycles. The highest BCUT2D eigenvalue weighted by Crippen LogP contribution is 2.28. The van der Waals surface area contributed by atoms with Crippen LogP contribution in [0.1, 0.15) is 35.3 Å². The zero-order chi connectivity index (χ0) is 22.4. The highest BCUT2D eigenvalue weighted by Gasteiger charge is 2.12. The Morgan fingerprint density at radius 2 is 1.71 bits per heavy atom. The fraction of sp³-hybridized carbons (Fsp3) is 0.167. The first-order valence-corrected chi connectivity index (χ1v) is 10.4. The number of nitrogens with one attached hydrogen (secondary N) is 1. The van der Waals surface area contributed by atoms with Crippen molar-refractivity contribution in [2.45, 2.75) is 26.3 Å². The number of azo groups is 1. The lowest BCUT2D eigenvalue weighted by Gasteiger charge is -2.12. The van der Waals surface area contributed by atoms with Gasteiger partial charge in [-0.25, -0.2) is 0 Å². The van der Waals surface area contributed by atoms with Crippen LogP contribution < -0.4 is 5.32 Å². The van der Waals surface area contributed by atoms with Gasteiger partial charge in [0.05, 0.1) is 5.02 Å². The predicted octanol–water partition coefficient (Wildman–Crippen LogP) is 6.90. The van der Waals surface area contributed by atoms with E-state index in [1.165, 1.54) is 6.92 Å². The van der Waals surface area contributed by atoms with Crippen molar-refractivity contribution < 1.29 is 9.59 Å². The molecule has 7 heteroatoms. The minimum atomic E-state index is -0.576. The van der Waals surface area contributed by atoms with Gasteiger partial charge in [-0.3, -0.25) is 9.59 Å². The van der Waals surface area contributed by atoms with Gasteiger partial charge < -0.3 is 5.32 Å². The van der Waals surface area contributed by atoms with Crippen molar-refractivity contribution in [2.75, 3.05) is 5.32 Å². The summed E-state index contributed by atoms with van der Waals surface area (Å²) in [5.74, 6) is -0.401. The Bertz CT molecular complexity index is 1130. The van der Waals surface area contributed by atoms with Crippen LogP contribution in [0.25, 0.3) is 0 Å². The van der Waals surface area contributed by atoms with Crippen LogP contribution >= 0.6 is 23.2 Å². The molecule has 0 saturated carbocycles. The van der Waals surface area contributed by atoms with Crippen molar-refractivity contribution in [2.24, 2.45) is 10.2 Å². The lowest BCUT2D eigenvalue weighted by atomic mass is 10.0. The van der Waals surface area contributed by atoms with Crippen molar-refractivity contribution >= 4 is 46.3 Å². The molecule has 3 aromatic rings. The molecule has 0 bridgehead atoms. The van der Waals surface area contributed by atoms with Crippen molar-refractivity contribution in [1.29, 1.82) is 0 Å². The number of carbonyl (C=O) groups is 2. The summed E-state index contributed by atoms with van der Waals surface area (Å²) < 4.78 is 0.